The van der Waals surface area contributed by atoms with Crippen LogP contribution in [0.1, 0.15) is 21.7 Å². The van der Waals surface area contributed by atoms with Gasteiger partial charge < -0.3 is 10.4 Å². The number of hydrogen-bond donors (Lipinski definition) is 2. The van der Waals surface area contributed by atoms with Gasteiger partial charge in [0.05, 0.1) is 28.0 Å². The number of aliphatic hydroxyl groups is 1. The van der Waals surface area contributed by atoms with E-state index in [0.29, 0.717) is 11.5 Å². The van der Waals surface area contributed by atoms with E-state index in [0.717, 1.165) is 32.7 Å². The summed E-state index contributed by atoms with van der Waals surface area (Å²) in [6.45, 7) is 1.82. The van der Waals surface area contributed by atoms with Gasteiger partial charge in [-0.3, -0.25) is 4.79 Å². The molecule has 0 radical (unpaired) electrons. The normalized spacial score (nSPS) is 11.1. The molecule has 0 aliphatic heterocycles. The van der Waals surface area contributed by atoms with Crippen LogP contribution in [0.2, 0.25) is 0 Å². The van der Waals surface area contributed by atoms with Gasteiger partial charge in [-0.05, 0) is 55.0 Å². The van der Waals surface area contributed by atoms with Gasteiger partial charge in [0, 0.05) is 16.9 Å². The van der Waals surface area contributed by atoms with E-state index in [9.17, 15) is 9.90 Å². The van der Waals surface area contributed by atoms with Crippen LogP contribution >= 0.6 is 11.3 Å². The number of benzene rings is 2. The smallest absolute Gasteiger partial charge is 0.276 e. The Hall–Kier alpha value is -3.88. The molecule has 5 rings (SSSR count). The third kappa shape index (κ3) is 3.89. The Kier molecular flexibility index (Phi) is 5.22. The average Bonchev–Trinajstić information content (AvgIpc) is 3.46. The maximum atomic E-state index is 13.0. The molecule has 5 aromatic rings. The first-order valence-corrected chi connectivity index (χ1v) is 10.9. The van der Waals surface area contributed by atoms with Crippen molar-refractivity contribution in [3.63, 3.8) is 0 Å². The second kappa shape index (κ2) is 8.33. The number of anilines is 1. The van der Waals surface area contributed by atoms with Crippen molar-refractivity contribution in [2.45, 2.75) is 13.5 Å². The van der Waals surface area contributed by atoms with Crippen molar-refractivity contribution in [2.24, 2.45) is 0 Å². The first-order valence-electron chi connectivity index (χ1n) is 9.99. The van der Waals surface area contributed by atoms with Crippen LogP contribution in [-0.4, -0.2) is 30.8 Å². The molecule has 0 saturated carbocycles. The number of pyridine rings is 1. The second-order valence-electron chi connectivity index (χ2n) is 7.31. The van der Waals surface area contributed by atoms with Gasteiger partial charge in [0.2, 0.25) is 0 Å². The topological polar surface area (TPSA) is 92.9 Å². The van der Waals surface area contributed by atoms with Gasteiger partial charge in [-0.2, -0.15) is 5.10 Å². The standard InChI is InChI=1S/C24H19N5O2S/c1-15-4-2-7-23(26-15)29-21(17-8-9-19-22(11-17)32-14-25-19)12-20(28-29)24(31)27-18-6-3-5-16(10-18)13-30/h2-12,14,30H,13H2,1H3,(H,27,31). The largest absolute Gasteiger partial charge is 0.392 e. The van der Waals surface area contributed by atoms with E-state index in [1.807, 2.05) is 48.8 Å². The molecule has 0 spiro atoms. The molecule has 158 valence electrons. The van der Waals surface area contributed by atoms with E-state index in [1.54, 1.807) is 46.4 Å². The third-order valence-electron chi connectivity index (χ3n) is 5.03. The molecule has 2 N–H and O–H groups in total. The van der Waals surface area contributed by atoms with Gasteiger partial charge in [-0.25, -0.2) is 14.6 Å². The molecule has 0 unspecified atom stereocenters. The highest BCUT2D eigenvalue weighted by atomic mass is 32.1. The van der Waals surface area contributed by atoms with Crippen LogP contribution in [-0.2, 0) is 6.61 Å². The van der Waals surface area contributed by atoms with E-state index in [2.05, 4.69) is 20.4 Å². The van der Waals surface area contributed by atoms with Crippen LogP contribution in [0.3, 0.4) is 0 Å². The lowest BCUT2D eigenvalue weighted by Crippen LogP contribution is -2.13. The van der Waals surface area contributed by atoms with Gasteiger partial charge in [0.1, 0.15) is 0 Å². The van der Waals surface area contributed by atoms with Gasteiger partial charge in [0.15, 0.2) is 11.5 Å². The fourth-order valence-corrected chi connectivity index (χ4v) is 4.19. The lowest BCUT2D eigenvalue weighted by atomic mass is 10.1. The SMILES string of the molecule is Cc1cccc(-n2nc(C(=O)Nc3cccc(CO)c3)cc2-c2ccc3ncsc3c2)n1. The van der Waals surface area contributed by atoms with Crippen molar-refractivity contribution in [2.75, 3.05) is 5.32 Å². The van der Waals surface area contributed by atoms with E-state index in [-0.39, 0.29) is 18.2 Å². The third-order valence-corrected chi connectivity index (χ3v) is 5.82. The minimum Gasteiger partial charge on any atom is -0.392 e. The van der Waals surface area contributed by atoms with Crippen molar-refractivity contribution < 1.29 is 9.90 Å². The predicted molar refractivity (Wildman–Crippen MR) is 125 cm³/mol. The molecule has 3 aromatic heterocycles. The molecule has 7 nitrogen and oxygen atoms in total. The number of rotatable bonds is 5. The quantitative estimate of drug-likeness (QED) is 0.416. The monoisotopic (exact) mass is 441 g/mol. The number of nitrogens with one attached hydrogen (secondary N) is 1. The van der Waals surface area contributed by atoms with Crippen LogP contribution in [0.4, 0.5) is 5.69 Å². The summed E-state index contributed by atoms with van der Waals surface area (Å²) >= 11 is 1.56. The first-order chi connectivity index (χ1) is 15.6. The van der Waals surface area contributed by atoms with Crippen LogP contribution in [0.15, 0.2) is 72.2 Å². The highest BCUT2D eigenvalue weighted by Gasteiger charge is 2.18. The minimum absolute atomic E-state index is 0.0957. The molecule has 1 amide bonds. The Morgan fingerprint density at radius 2 is 1.97 bits per heavy atom. The van der Waals surface area contributed by atoms with Crippen molar-refractivity contribution in [1.82, 2.24) is 19.7 Å². The Bertz CT molecular complexity index is 1440. The summed E-state index contributed by atoms with van der Waals surface area (Å²) < 4.78 is 2.74. The summed E-state index contributed by atoms with van der Waals surface area (Å²) in [7, 11) is 0. The fourth-order valence-electron chi connectivity index (χ4n) is 3.48. The summed E-state index contributed by atoms with van der Waals surface area (Å²) in [5.41, 5.74) is 6.85. The molecular formula is C24H19N5O2S. The molecule has 0 saturated heterocycles. The maximum absolute atomic E-state index is 13.0. The Morgan fingerprint density at radius 1 is 1.09 bits per heavy atom. The molecule has 0 bridgehead atoms. The van der Waals surface area contributed by atoms with Gasteiger partial charge in [-0.1, -0.05) is 24.3 Å². The summed E-state index contributed by atoms with van der Waals surface area (Å²) in [6, 6.07) is 20.5. The van der Waals surface area contributed by atoms with E-state index >= 15 is 0 Å². The number of carbonyl (C=O) groups is 1. The molecule has 0 atom stereocenters. The Morgan fingerprint density at radius 3 is 2.81 bits per heavy atom. The van der Waals surface area contributed by atoms with E-state index < -0.39 is 0 Å². The summed E-state index contributed by atoms with van der Waals surface area (Å²) in [5.74, 6) is 0.289. The number of fused-ring (bicyclic) bond motifs is 1. The molecule has 8 heteroatoms. The Labute approximate surface area is 188 Å². The molecule has 32 heavy (non-hydrogen) atoms. The van der Waals surface area contributed by atoms with Crippen LogP contribution in [0.25, 0.3) is 27.3 Å². The zero-order valence-corrected chi connectivity index (χ0v) is 18.0. The van der Waals surface area contributed by atoms with Crippen molar-refractivity contribution in [3.8, 4) is 17.1 Å². The minimum atomic E-state index is -0.341. The number of aromatic nitrogens is 4. The maximum Gasteiger partial charge on any atom is 0.276 e. The number of aliphatic hydroxyl groups excluding tert-OH is 1. The highest BCUT2D eigenvalue weighted by molar-refractivity contribution is 7.16. The van der Waals surface area contributed by atoms with Crippen molar-refractivity contribution in [3.05, 3.63) is 89.2 Å². The predicted octanol–water partition coefficient (Wildman–Crippen LogP) is 4.60. The molecule has 0 aliphatic carbocycles. The second-order valence-corrected chi connectivity index (χ2v) is 8.20. The van der Waals surface area contributed by atoms with Crippen molar-refractivity contribution in [1.29, 1.82) is 0 Å². The fraction of sp³-hybridized carbons (Fsp3) is 0.0833. The number of carbonyl (C=O) groups excluding carboxylic acids is 1. The highest BCUT2D eigenvalue weighted by Crippen LogP contribution is 2.28. The summed E-state index contributed by atoms with van der Waals surface area (Å²) in [6.07, 6.45) is 0. The average molecular weight is 442 g/mol. The Balaban J connectivity index is 1.58. The van der Waals surface area contributed by atoms with Gasteiger partial charge in [-0.15, -0.1) is 11.3 Å². The molecule has 0 aliphatic rings. The lowest BCUT2D eigenvalue weighted by Gasteiger charge is -2.07. The molecular weight excluding hydrogens is 422 g/mol. The zero-order valence-electron chi connectivity index (χ0n) is 17.2. The molecule has 2 aromatic carbocycles. The number of aryl methyl sites for hydroxylation is 1. The first kappa shape index (κ1) is 20.0. The number of thiazole rings is 1. The summed E-state index contributed by atoms with van der Waals surface area (Å²) in [4.78, 5) is 21.9. The molecule has 3 heterocycles. The van der Waals surface area contributed by atoms with E-state index in [4.69, 9.17) is 0 Å². The number of amides is 1. The van der Waals surface area contributed by atoms with Crippen LogP contribution < -0.4 is 5.32 Å². The van der Waals surface area contributed by atoms with Gasteiger partial charge >= 0.3 is 0 Å². The summed E-state index contributed by atoms with van der Waals surface area (Å²) in [5, 5.41) is 16.8. The van der Waals surface area contributed by atoms with E-state index in [1.165, 1.54) is 0 Å². The lowest BCUT2D eigenvalue weighted by molar-refractivity contribution is 0.102. The zero-order chi connectivity index (χ0) is 22.1. The number of hydrogen-bond acceptors (Lipinski definition) is 6. The molecule has 0 fully saturated rings. The number of nitrogens with zero attached hydrogens (tertiary/aromatic N) is 4. The van der Waals surface area contributed by atoms with Gasteiger partial charge in [0.25, 0.3) is 5.91 Å². The van der Waals surface area contributed by atoms with Crippen molar-refractivity contribution >= 4 is 33.1 Å². The van der Waals surface area contributed by atoms with Crippen LogP contribution in [0, 0.1) is 6.92 Å². The van der Waals surface area contributed by atoms with Crippen LogP contribution in [0.5, 0.6) is 0 Å².